The molecule has 3 heterocycles. The summed E-state index contributed by atoms with van der Waals surface area (Å²) < 4.78 is 3.75. The number of pyridine rings is 1. The normalized spacial score (nSPS) is 19.6. The Bertz CT molecular complexity index is 1340. The number of para-hydroxylation sites is 1. The Morgan fingerprint density at radius 3 is 2.73 bits per heavy atom. The van der Waals surface area contributed by atoms with Crippen LogP contribution in [0, 0.1) is 5.92 Å². The van der Waals surface area contributed by atoms with Crippen LogP contribution < -0.4 is 16.2 Å². The van der Waals surface area contributed by atoms with E-state index in [-0.39, 0.29) is 35.3 Å². The summed E-state index contributed by atoms with van der Waals surface area (Å²) in [4.78, 5) is 40.2. The molecule has 2 fully saturated rings. The van der Waals surface area contributed by atoms with E-state index in [2.05, 4.69) is 38.4 Å². The maximum Gasteiger partial charge on any atom is 0.250 e. The molecule has 5 rings (SSSR count). The molecule has 1 aliphatic carbocycles. The van der Waals surface area contributed by atoms with Crippen molar-refractivity contribution >= 4 is 22.7 Å². The number of hydrogen-bond acceptors (Lipinski definition) is 4. The van der Waals surface area contributed by atoms with Crippen LogP contribution in [0.2, 0.25) is 0 Å². The number of benzene rings is 1. The molecule has 37 heavy (non-hydrogen) atoms. The number of amides is 2. The summed E-state index contributed by atoms with van der Waals surface area (Å²) in [5.74, 6) is 0.0630. The van der Waals surface area contributed by atoms with Gasteiger partial charge in [-0.3, -0.25) is 14.4 Å². The van der Waals surface area contributed by atoms with E-state index in [9.17, 15) is 14.4 Å². The quantitative estimate of drug-likeness (QED) is 0.470. The third kappa shape index (κ3) is 5.49. The molecule has 1 saturated heterocycles. The third-order valence-corrected chi connectivity index (χ3v) is 7.83. The van der Waals surface area contributed by atoms with Crippen LogP contribution in [-0.2, 0) is 29.7 Å². The Kier molecular flexibility index (Phi) is 7.46. The van der Waals surface area contributed by atoms with Crippen molar-refractivity contribution in [1.82, 2.24) is 24.7 Å². The summed E-state index contributed by atoms with van der Waals surface area (Å²) in [5, 5.41) is 7.52. The van der Waals surface area contributed by atoms with Crippen LogP contribution in [0.1, 0.15) is 49.7 Å². The van der Waals surface area contributed by atoms with Gasteiger partial charge >= 0.3 is 0 Å². The summed E-state index contributed by atoms with van der Waals surface area (Å²) in [7, 11) is 1.75. The standard InChI is InChI=1S/C29H37N5O3/c1-3-27(35)31-13-15-33-18-21(24-6-4-5-7-26(24)33)19-34(22-8-9-22)29(37)25-17-30-12-10-23(25)20-11-14-32(2)28(36)16-20/h4-7,11,14,16,18,22-23,25,30H,3,8-10,12-13,15,17,19H2,1-2H3,(H,31,35)/t23-,25+/m0/s1. The van der Waals surface area contributed by atoms with Gasteiger partial charge in [0.2, 0.25) is 11.8 Å². The van der Waals surface area contributed by atoms with Crippen molar-refractivity contribution in [1.29, 1.82) is 0 Å². The number of piperidine rings is 1. The topological polar surface area (TPSA) is 88.4 Å². The van der Waals surface area contributed by atoms with Crippen LogP contribution in [0.3, 0.4) is 0 Å². The lowest BCUT2D eigenvalue weighted by molar-refractivity contribution is -0.138. The van der Waals surface area contributed by atoms with E-state index in [4.69, 9.17) is 0 Å². The molecule has 8 nitrogen and oxygen atoms in total. The van der Waals surface area contributed by atoms with Crippen LogP contribution in [0.5, 0.6) is 0 Å². The number of rotatable bonds is 9. The second-order valence-corrected chi connectivity index (χ2v) is 10.4. The number of carbonyl (C=O) groups is 2. The van der Waals surface area contributed by atoms with Gasteiger partial charge in [-0.1, -0.05) is 25.1 Å². The molecular weight excluding hydrogens is 466 g/mol. The van der Waals surface area contributed by atoms with Crippen LogP contribution in [-0.4, -0.2) is 51.5 Å². The van der Waals surface area contributed by atoms with Crippen molar-refractivity contribution in [3.63, 3.8) is 0 Å². The second-order valence-electron chi connectivity index (χ2n) is 10.4. The largest absolute Gasteiger partial charge is 0.354 e. The predicted octanol–water partition coefficient (Wildman–Crippen LogP) is 2.75. The first-order chi connectivity index (χ1) is 18.0. The molecule has 2 aliphatic rings. The lowest BCUT2D eigenvalue weighted by Gasteiger charge is -2.35. The van der Waals surface area contributed by atoms with Crippen molar-refractivity contribution in [2.75, 3.05) is 19.6 Å². The Morgan fingerprint density at radius 1 is 1.16 bits per heavy atom. The fourth-order valence-electron chi connectivity index (χ4n) is 5.56. The maximum absolute atomic E-state index is 14.1. The third-order valence-electron chi connectivity index (χ3n) is 7.83. The van der Waals surface area contributed by atoms with Crippen molar-refractivity contribution in [3.8, 4) is 0 Å². The molecule has 196 valence electrons. The van der Waals surface area contributed by atoms with E-state index in [1.165, 1.54) is 0 Å². The van der Waals surface area contributed by atoms with Crippen LogP contribution >= 0.6 is 0 Å². The van der Waals surface area contributed by atoms with Gasteiger partial charge in [-0.05, 0) is 55.0 Å². The first-order valence-corrected chi connectivity index (χ1v) is 13.5. The first-order valence-electron chi connectivity index (χ1n) is 13.5. The molecule has 2 aromatic heterocycles. The Balaban J connectivity index is 1.39. The summed E-state index contributed by atoms with van der Waals surface area (Å²) in [5.41, 5.74) is 3.17. The number of aromatic nitrogens is 2. The number of hydrogen-bond donors (Lipinski definition) is 2. The van der Waals surface area contributed by atoms with Crippen LogP contribution in [0.25, 0.3) is 10.9 Å². The smallest absolute Gasteiger partial charge is 0.250 e. The lowest BCUT2D eigenvalue weighted by atomic mass is 9.80. The van der Waals surface area contributed by atoms with E-state index in [0.29, 0.717) is 32.6 Å². The monoisotopic (exact) mass is 503 g/mol. The van der Waals surface area contributed by atoms with Crippen molar-refractivity contribution in [2.24, 2.45) is 13.0 Å². The van der Waals surface area contributed by atoms with Gasteiger partial charge in [0, 0.05) is 75.1 Å². The molecule has 1 aliphatic heterocycles. The Morgan fingerprint density at radius 2 is 1.97 bits per heavy atom. The van der Waals surface area contributed by atoms with Crippen molar-refractivity contribution in [2.45, 2.75) is 57.7 Å². The summed E-state index contributed by atoms with van der Waals surface area (Å²) >= 11 is 0. The van der Waals surface area contributed by atoms with Crippen molar-refractivity contribution < 1.29 is 9.59 Å². The molecule has 1 aromatic carbocycles. The molecule has 0 bridgehead atoms. The highest BCUT2D eigenvalue weighted by atomic mass is 16.2. The molecule has 2 N–H and O–H groups in total. The van der Waals surface area contributed by atoms with Gasteiger partial charge in [0.25, 0.3) is 5.56 Å². The van der Waals surface area contributed by atoms with E-state index in [1.807, 2.05) is 25.1 Å². The van der Waals surface area contributed by atoms with Gasteiger partial charge in [0.1, 0.15) is 0 Å². The van der Waals surface area contributed by atoms with E-state index >= 15 is 0 Å². The van der Waals surface area contributed by atoms with Crippen LogP contribution in [0.4, 0.5) is 0 Å². The molecule has 0 unspecified atom stereocenters. The average Bonchev–Trinajstić information content (AvgIpc) is 3.71. The lowest BCUT2D eigenvalue weighted by Crippen LogP contribution is -2.47. The summed E-state index contributed by atoms with van der Waals surface area (Å²) in [6.45, 7) is 5.14. The minimum atomic E-state index is -0.195. The summed E-state index contributed by atoms with van der Waals surface area (Å²) in [6, 6.07) is 12.2. The molecule has 8 heteroatoms. The molecule has 3 aromatic rings. The number of carbonyl (C=O) groups excluding carboxylic acids is 2. The highest BCUT2D eigenvalue weighted by molar-refractivity contribution is 5.86. The Hall–Kier alpha value is -3.39. The van der Waals surface area contributed by atoms with Gasteiger partial charge in [0.05, 0.1) is 5.92 Å². The van der Waals surface area contributed by atoms with Gasteiger partial charge in [-0.2, -0.15) is 0 Å². The van der Waals surface area contributed by atoms with Gasteiger partial charge in [0.15, 0.2) is 0 Å². The molecule has 1 saturated carbocycles. The zero-order valence-corrected chi connectivity index (χ0v) is 21.8. The highest BCUT2D eigenvalue weighted by Gasteiger charge is 2.40. The van der Waals surface area contributed by atoms with E-state index in [0.717, 1.165) is 47.8 Å². The fourth-order valence-corrected chi connectivity index (χ4v) is 5.56. The van der Waals surface area contributed by atoms with Gasteiger partial charge in [-0.15, -0.1) is 0 Å². The molecule has 0 spiro atoms. The zero-order valence-electron chi connectivity index (χ0n) is 21.8. The highest BCUT2D eigenvalue weighted by Crippen LogP contribution is 2.36. The fraction of sp³-hybridized carbons (Fsp3) is 0.483. The second kappa shape index (κ2) is 10.9. The van der Waals surface area contributed by atoms with Crippen LogP contribution in [0.15, 0.2) is 53.6 Å². The Labute approximate surface area is 217 Å². The van der Waals surface area contributed by atoms with E-state index < -0.39 is 0 Å². The molecule has 2 atom stereocenters. The minimum Gasteiger partial charge on any atom is -0.354 e. The SMILES string of the molecule is CCC(=O)NCCn1cc(CN(C(=O)[C@@H]2CNCC[C@H]2c2ccn(C)c(=O)c2)C2CC2)c2ccccc21. The number of nitrogens with one attached hydrogen (secondary N) is 2. The minimum absolute atomic E-state index is 0.0346. The number of aryl methyl sites for hydroxylation is 1. The summed E-state index contributed by atoms with van der Waals surface area (Å²) in [6.07, 6.45) is 7.32. The maximum atomic E-state index is 14.1. The van der Waals surface area contributed by atoms with E-state index in [1.54, 1.807) is 23.9 Å². The first kappa shape index (κ1) is 25.3. The number of nitrogens with zero attached hydrogens (tertiary/aromatic N) is 3. The zero-order chi connectivity index (χ0) is 25.9. The van der Waals surface area contributed by atoms with Crippen molar-refractivity contribution in [3.05, 3.63) is 70.3 Å². The number of fused-ring (bicyclic) bond motifs is 1. The predicted molar refractivity (Wildman–Crippen MR) is 144 cm³/mol. The van der Waals surface area contributed by atoms with Gasteiger partial charge < -0.3 is 24.7 Å². The van der Waals surface area contributed by atoms with Gasteiger partial charge in [-0.25, -0.2) is 0 Å². The average molecular weight is 504 g/mol. The molecule has 0 radical (unpaired) electrons. The molecular formula is C29H37N5O3. The molecule has 2 amide bonds.